The van der Waals surface area contributed by atoms with E-state index < -0.39 is 0 Å². The van der Waals surface area contributed by atoms with Gasteiger partial charge in [-0.25, -0.2) is 4.98 Å². The molecule has 0 fully saturated rings. The standard InChI is InChI=1S/C22H21N3O3/c1-15-23-20-9-5-8-19(20)22(27)25(15)14-21(26)24-16-10-12-18(13-11-16)28-17-6-3-2-4-7-17/h2-4,6-7,10-13H,5,8-9,14H2,1H3,(H,24,26). The summed E-state index contributed by atoms with van der Waals surface area (Å²) in [5.74, 6) is 1.74. The van der Waals surface area contributed by atoms with Gasteiger partial charge >= 0.3 is 0 Å². The molecule has 0 bridgehead atoms. The molecular weight excluding hydrogens is 354 g/mol. The molecule has 1 amide bonds. The van der Waals surface area contributed by atoms with E-state index in [1.807, 2.05) is 30.3 Å². The Balaban J connectivity index is 1.43. The van der Waals surface area contributed by atoms with Crippen molar-refractivity contribution in [3.63, 3.8) is 0 Å². The van der Waals surface area contributed by atoms with E-state index in [1.54, 1.807) is 31.2 Å². The lowest BCUT2D eigenvalue weighted by molar-refractivity contribution is -0.116. The number of hydrogen-bond acceptors (Lipinski definition) is 4. The van der Waals surface area contributed by atoms with Gasteiger partial charge in [-0.15, -0.1) is 0 Å². The number of anilines is 1. The smallest absolute Gasteiger partial charge is 0.257 e. The first-order valence-corrected chi connectivity index (χ1v) is 9.32. The van der Waals surface area contributed by atoms with Crippen molar-refractivity contribution in [3.05, 3.63) is 82.0 Å². The number of ether oxygens (including phenoxy) is 1. The minimum absolute atomic E-state index is 0.0484. The van der Waals surface area contributed by atoms with Gasteiger partial charge in [0, 0.05) is 11.3 Å². The molecule has 0 unspecified atom stereocenters. The Hall–Kier alpha value is -3.41. The van der Waals surface area contributed by atoms with Crippen LogP contribution in [0.25, 0.3) is 0 Å². The first-order valence-electron chi connectivity index (χ1n) is 9.32. The monoisotopic (exact) mass is 375 g/mol. The second-order valence-corrected chi connectivity index (χ2v) is 6.82. The number of fused-ring (bicyclic) bond motifs is 1. The Kier molecular flexibility index (Phi) is 4.93. The number of carbonyl (C=O) groups is 1. The van der Waals surface area contributed by atoms with E-state index in [4.69, 9.17) is 4.74 Å². The van der Waals surface area contributed by atoms with E-state index in [-0.39, 0.29) is 18.0 Å². The average Bonchev–Trinajstić information content (AvgIpc) is 3.16. The zero-order valence-corrected chi connectivity index (χ0v) is 15.6. The van der Waals surface area contributed by atoms with Gasteiger partial charge in [-0.2, -0.15) is 0 Å². The molecule has 0 saturated heterocycles. The Morgan fingerprint density at radius 2 is 1.79 bits per heavy atom. The zero-order valence-electron chi connectivity index (χ0n) is 15.6. The molecule has 0 aliphatic heterocycles. The van der Waals surface area contributed by atoms with Crippen LogP contribution >= 0.6 is 0 Å². The lowest BCUT2D eigenvalue weighted by Crippen LogP contribution is -2.32. The number of carbonyl (C=O) groups excluding carboxylic acids is 1. The maximum absolute atomic E-state index is 12.6. The Bertz CT molecular complexity index is 1060. The first kappa shape index (κ1) is 18.0. The highest BCUT2D eigenvalue weighted by Gasteiger charge is 2.20. The van der Waals surface area contributed by atoms with E-state index in [2.05, 4.69) is 10.3 Å². The summed E-state index contributed by atoms with van der Waals surface area (Å²) in [5.41, 5.74) is 2.18. The Morgan fingerprint density at radius 1 is 1.07 bits per heavy atom. The minimum atomic E-state index is -0.262. The lowest BCUT2D eigenvalue weighted by atomic mass is 10.2. The van der Waals surface area contributed by atoms with Crippen molar-refractivity contribution >= 4 is 11.6 Å². The van der Waals surface area contributed by atoms with Gasteiger partial charge in [0.05, 0.1) is 5.69 Å². The van der Waals surface area contributed by atoms with Crippen molar-refractivity contribution in [1.82, 2.24) is 9.55 Å². The van der Waals surface area contributed by atoms with Crippen LogP contribution in [0.4, 0.5) is 5.69 Å². The fourth-order valence-electron chi connectivity index (χ4n) is 3.41. The minimum Gasteiger partial charge on any atom is -0.457 e. The van der Waals surface area contributed by atoms with Gasteiger partial charge in [-0.05, 0) is 62.6 Å². The molecule has 1 aliphatic rings. The highest BCUT2D eigenvalue weighted by atomic mass is 16.5. The number of aryl methyl sites for hydroxylation is 2. The molecule has 4 rings (SSSR count). The summed E-state index contributed by atoms with van der Waals surface area (Å²) in [6.07, 6.45) is 2.53. The summed E-state index contributed by atoms with van der Waals surface area (Å²) in [7, 11) is 0. The molecule has 1 aromatic heterocycles. The summed E-state index contributed by atoms with van der Waals surface area (Å²) in [6.45, 7) is 1.72. The third kappa shape index (κ3) is 3.81. The number of rotatable bonds is 5. The number of para-hydroxylation sites is 1. The van der Waals surface area contributed by atoms with Crippen LogP contribution in [0, 0.1) is 6.92 Å². The van der Waals surface area contributed by atoms with Gasteiger partial charge in [-0.3, -0.25) is 14.2 Å². The number of nitrogens with one attached hydrogen (secondary N) is 1. The number of benzene rings is 2. The first-order chi connectivity index (χ1) is 13.6. The van der Waals surface area contributed by atoms with Crippen LogP contribution < -0.4 is 15.6 Å². The SMILES string of the molecule is Cc1nc2c(c(=O)n1CC(=O)Nc1ccc(Oc3ccccc3)cc1)CCC2. The molecule has 3 aromatic rings. The highest BCUT2D eigenvalue weighted by Crippen LogP contribution is 2.22. The van der Waals surface area contributed by atoms with Crippen molar-refractivity contribution in [1.29, 1.82) is 0 Å². The molecule has 0 saturated carbocycles. The van der Waals surface area contributed by atoms with Crippen LogP contribution in [-0.2, 0) is 24.2 Å². The molecule has 1 N–H and O–H groups in total. The van der Waals surface area contributed by atoms with E-state index in [1.165, 1.54) is 4.57 Å². The van der Waals surface area contributed by atoms with Crippen LogP contribution in [0.2, 0.25) is 0 Å². The van der Waals surface area contributed by atoms with Crippen molar-refractivity contribution in [2.45, 2.75) is 32.7 Å². The van der Waals surface area contributed by atoms with Crippen LogP contribution in [0.15, 0.2) is 59.4 Å². The van der Waals surface area contributed by atoms with Crippen LogP contribution in [-0.4, -0.2) is 15.5 Å². The number of aromatic nitrogens is 2. The molecule has 0 radical (unpaired) electrons. The Labute approximate surface area is 162 Å². The normalized spacial score (nSPS) is 12.5. The van der Waals surface area contributed by atoms with Crippen LogP contribution in [0.1, 0.15) is 23.5 Å². The van der Waals surface area contributed by atoms with Crippen LogP contribution in [0.3, 0.4) is 0 Å². The summed E-state index contributed by atoms with van der Waals surface area (Å²) >= 11 is 0. The molecule has 1 aliphatic carbocycles. The third-order valence-corrected chi connectivity index (χ3v) is 4.80. The van der Waals surface area contributed by atoms with Gasteiger partial charge in [0.1, 0.15) is 23.9 Å². The van der Waals surface area contributed by atoms with Gasteiger partial charge in [0.2, 0.25) is 5.91 Å². The maximum Gasteiger partial charge on any atom is 0.257 e. The average molecular weight is 375 g/mol. The number of hydrogen-bond donors (Lipinski definition) is 1. The summed E-state index contributed by atoms with van der Waals surface area (Å²) in [6, 6.07) is 16.6. The lowest BCUT2D eigenvalue weighted by Gasteiger charge is -2.12. The van der Waals surface area contributed by atoms with E-state index in [0.29, 0.717) is 17.3 Å². The van der Waals surface area contributed by atoms with Gasteiger partial charge < -0.3 is 10.1 Å². The maximum atomic E-state index is 12.6. The Morgan fingerprint density at radius 3 is 2.54 bits per heavy atom. The number of nitrogens with zero attached hydrogens (tertiary/aromatic N) is 2. The predicted octanol–water partition coefficient (Wildman–Crippen LogP) is 3.47. The van der Waals surface area contributed by atoms with Crippen molar-refractivity contribution in [2.24, 2.45) is 0 Å². The quantitative estimate of drug-likeness (QED) is 0.741. The second-order valence-electron chi connectivity index (χ2n) is 6.82. The zero-order chi connectivity index (χ0) is 19.5. The van der Waals surface area contributed by atoms with Crippen molar-refractivity contribution in [3.8, 4) is 11.5 Å². The fourth-order valence-corrected chi connectivity index (χ4v) is 3.41. The molecule has 2 aromatic carbocycles. The fraction of sp³-hybridized carbons (Fsp3) is 0.227. The molecule has 1 heterocycles. The topological polar surface area (TPSA) is 73.2 Å². The molecule has 6 heteroatoms. The summed E-state index contributed by atoms with van der Waals surface area (Å²) in [4.78, 5) is 29.5. The van der Waals surface area contributed by atoms with E-state index in [9.17, 15) is 9.59 Å². The van der Waals surface area contributed by atoms with Crippen LogP contribution in [0.5, 0.6) is 11.5 Å². The third-order valence-electron chi connectivity index (χ3n) is 4.80. The molecular formula is C22H21N3O3. The van der Waals surface area contributed by atoms with Gasteiger partial charge in [-0.1, -0.05) is 18.2 Å². The predicted molar refractivity (Wildman–Crippen MR) is 107 cm³/mol. The largest absolute Gasteiger partial charge is 0.457 e. The highest BCUT2D eigenvalue weighted by molar-refractivity contribution is 5.90. The van der Waals surface area contributed by atoms with Gasteiger partial charge in [0.15, 0.2) is 0 Å². The van der Waals surface area contributed by atoms with E-state index in [0.717, 1.165) is 36.3 Å². The van der Waals surface area contributed by atoms with Crippen molar-refractivity contribution in [2.75, 3.05) is 5.32 Å². The molecule has 0 atom stereocenters. The molecule has 142 valence electrons. The van der Waals surface area contributed by atoms with Gasteiger partial charge in [0.25, 0.3) is 5.56 Å². The molecule has 6 nitrogen and oxygen atoms in total. The van der Waals surface area contributed by atoms with Crippen molar-refractivity contribution < 1.29 is 9.53 Å². The summed E-state index contributed by atoms with van der Waals surface area (Å²) in [5, 5.41) is 2.82. The summed E-state index contributed by atoms with van der Waals surface area (Å²) < 4.78 is 7.19. The van der Waals surface area contributed by atoms with E-state index >= 15 is 0 Å². The second kappa shape index (κ2) is 7.68. The number of amides is 1. The molecule has 0 spiro atoms. The molecule has 28 heavy (non-hydrogen) atoms.